The molecule has 1 aromatic rings. The maximum Gasteiger partial charge on any atom is 0.0673 e. The third kappa shape index (κ3) is 3.30. The smallest absolute Gasteiger partial charge is 0.0673 e. The van der Waals surface area contributed by atoms with Crippen molar-refractivity contribution in [1.82, 2.24) is 9.88 Å². The molecule has 100 valence electrons. The van der Waals surface area contributed by atoms with Gasteiger partial charge in [-0.2, -0.15) is 0 Å². The molecule has 1 aliphatic rings. The Morgan fingerprint density at radius 2 is 1.94 bits per heavy atom. The van der Waals surface area contributed by atoms with E-state index in [2.05, 4.69) is 28.9 Å². The highest BCUT2D eigenvalue weighted by molar-refractivity contribution is 5.11. The van der Waals surface area contributed by atoms with Crippen LogP contribution in [0.4, 0.5) is 0 Å². The van der Waals surface area contributed by atoms with E-state index in [1.807, 2.05) is 12.3 Å². The summed E-state index contributed by atoms with van der Waals surface area (Å²) in [7, 11) is 0. The zero-order valence-electron chi connectivity index (χ0n) is 11.4. The topological polar surface area (TPSA) is 42.1 Å². The normalized spacial score (nSPS) is 21.2. The first-order valence-electron chi connectivity index (χ1n) is 7.23. The number of hydrogen-bond acceptors (Lipinski definition) is 3. The molecule has 2 unspecified atom stereocenters. The third-order valence-electron chi connectivity index (χ3n) is 3.90. The zero-order chi connectivity index (χ0) is 12.8. The van der Waals surface area contributed by atoms with Crippen LogP contribution in [0.5, 0.6) is 0 Å². The maximum absolute atomic E-state index is 6.35. The summed E-state index contributed by atoms with van der Waals surface area (Å²) in [5, 5.41) is 0. The van der Waals surface area contributed by atoms with E-state index in [0.717, 1.165) is 25.2 Å². The standard InChI is InChI=1S/C15H25N3/c1-2-13(16)15(14-9-5-6-10-17-14)18-11-7-3-4-8-12-18/h5-6,9-10,13,15H,2-4,7-8,11-12,16H2,1H3. The predicted octanol–water partition coefficient (Wildman–Crippen LogP) is 2.74. The number of pyridine rings is 1. The summed E-state index contributed by atoms with van der Waals surface area (Å²) in [6.07, 6.45) is 8.17. The summed E-state index contributed by atoms with van der Waals surface area (Å²) in [5.41, 5.74) is 7.48. The Morgan fingerprint density at radius 1 is 1.22 bits per heavy atom. The van der Waals surface area contributed by atoms with Gasteiger partial charge in [0.05, 0.1) is 11.7 Å². The number of nitrogens with zero attached hydrogens (tertiary/aromatic N) is 2. The van der Waals surface area contributed by atoms with Gasteiger partial charge in [-0.3, -0.25) is 9.88 Å². The van der Waals surface area contributed by atoms with Gasteiger partial charge < -0.3 is 5.73 Å². The van der Waals surface area contributed by atoms with Crippen LogP contribution in [0.25, 0.3) is 0 Å². The molecule has 0 amide bonds. The highest BCUT2D eigenvalue weighted by atomic mass is 15.2. The van der Waals surface area contributed by atoms with Crippen molar-refractivity contribution in [1.29, 1.82) is 0 Å². The van der Waals surface area contributed by atoms with Gasteiger partial charge in [-0.05, 0) is 44.5 Å². The van der Waals surface area contributed by atoms with Crippen LogP contribution in [0.2, 0.25) is 0 Å². The molecule has 3 nitrogen and oxygen atoms in total. The average Bonchev–Trinajstić information content (AvgIpc) is 2.69. The Bertz CT molecular complexity index is 331. The number of aromatic nitrogens is 1. The summed E-state index contributed by atoms with van der Waals surface area (Å²) in [6, 6.07) is 6.62. The molecule has 1 aromatic heterocycles. The molecule has 2 N–H and O–H groups in total. The molecule has 2 heterocycles. The molecule has 3 heteroatoms. The van der Waals surface area contributed by atoms with Crippen molar-refractivity contribution in [2.45, 2.75) is 51.1 Å². The van der Waals surface area contributed by atoms with E-state index in [-0.39, 0.29) is 12.1 Å². The molecule has 0 saturated carbocycles. The largest absolute Gasteiger partial charge is 0.326 e. The van der Waals surface area contributed by atoms with Gasteiger partial charge in [0.2, 0.25) is 0 Å². The van der Waals surface area contributed by atoms with Gasteiger partial charge in [0.25, 0.3) is 0 Å². The minimum Gasteiger partial charge on any atom is -0.326 e. The lowest BCUT2D eigenvalue weighted by atomic mass is 10.0. The van der Waals surface area contributed by atoms with Crippen molar-refractivity contribution < 1.29 is 0 Å². The Morgan fingerprint density at radius 3 is 2.50 bits per heavy atom. The lowest BCUT2D eigenvalue weighted by Gasteiger charge is -2.34. The van der Waals surface area contributed by atoms with Gasteiger partial charge in [0, 0.05) is 12.2 Å². The van der Waals surface area contributed by atoms with E-state index in [0.29, 0.717) is 0 Å². The molecule has 1 fully saturated rings. The summed E-state index contributed by atoms with van der Waals surface area (Å²) in [4.78, 5) is 7.08. The molecule has 0 bridgehead atoms. The molecular formula is C15H25N3. The molecule has 0 radical (unpaired) electrons. The lowest BCUT2D eigenvalue weighted by molar-refractivity contribution is 0.172. The van der Waals surface area contributed by atoms with E-state index in [1.165, 1.54) is 25.7 Å². The second-order valence-electron chi connectivity index (χ2n) is 5.22. The van der Waals surface area contributed by atoms with Crippen molar-refractivity contribution in [3.8, 4) is 0 Å². The monoisotopic (exact) mass is 247 g/mol. The number of nitrogens with two attached hydrogens (primary N) is 1. The molecule has 1 saturated heterocycles. The van der Waals surface area contributed by atoms with Crippen LogP contribution < -0.4 is 5.73 Å². The average molecular weight is 247 g/mol. The van der Waals surface area contributed by atoms with Crippen LogP contribution in [0, 0.1) is 0 Å². The molecule has 18 heavy (non-hydrogen) atoms. The first-order chi connectivity index (χ1) is 8.83. The molecular weight excluding hydrogens is 222 g/mol. The summed E-state index contributed by atoms with van der Waals surface area (Å²) in [6.45, 7) is 4.49. The van der Waals surface area contributed by atoms with Crippen molar-refractivity contribution >= 4 is 0 Å². The van der Waals surface area contributed by atoms with E-state index in [9.17, 15) is 0 Å². The molecule has 2 atom stereocenters. The third-order valence-corrected chi connectivity index (χ3v) is 3.90. The SMILES string of the molecule is CCC(N)C(c1ccccn1)N1CCCCCC1. The fraction of sp³-hybridized carbons (Fsp3) is 0.667. The lowest BCUT2D eigenvalue weighted by Crippen LogP contribution is -2.41. The highest BCUT2D eigenvalue weighted by Gasteiger charge is 2.26. The van der Waals surface area contributed by atoms with Crippen LogP contribution in [0.15, 0.2) is 24.4 Å². The van der Waals surface area contributed by atoms with Gasteiger partial charge >= 0.3 is 0 Å². The number of rotatable bonds is 4. The highest BCUT2D eigenvalue weighted by Crippen LogP contribution is 2.26. The zero-order valence-corrected chi connectivity index (χ0v) is 11.4. The van der Waals surface area contributed by atoms with E-state index < -0.39 is 0 Å². The van der Waals surface area contributed by atoms with Crippen LogP contribution >= 0.6 is 0 Å². The Balaban J connectivity index is 2.18. The van der Waals surface area contributed by atoms with E-state index in [1.54, 1.807) is 0 Å². The van der Waals surface area contributed by atoms with Crippen molar-refractivity contribution in [3.05, 3.63) is 30.1 Å². The van der Waals surface area contributed by atoms with Crippen molar-refractivity contribution in [2.24, 2.45) is 5.73 Å². The first-order valence-corrected chi connectivity index (χ1v) is 7.23. The maximum atomic E-state index is 6.35. The minimum absolute atomic E-state index is 0.179. The van der Waals surface area contributed by atoms with E-state index >= 15 is 0 Å². The second-order valence-corrected chi connectivity index (χ2v) is 5.22. The Labute approximate surface area is 110 Å². The Hall–Kier alpha value is -0.930. The molecule has 0 aliphatic carbocycles. The molecule has 1 aliphatic heterocycles. The molecule has 0 spiro atoms. The van der Waals surface area contributed by atoms with Gasteiger partial charge in [0.15, 0.2) is 0 Å². The van der Waals surface area contributed by atoms with Crippen LogP contribution in [0.3, 0.4) is 0 Å². The van der Waals surface area contributed by atoms with Crippen LogP contribution in [0.1, 0.15) is 50.8 Å². The first kappa shape index (κ1) is 13.5. The quantitative estimate of drug-likeness (QED) is 0.889. The van der Waals surface area contributed by atoms with Gasteiger partial charge in [-0.1, -0.05) is 25.8 Å². The Kier molecular flexibility index (Phi) is 5.14. The van der Waals surface area contributed by atoms with E-state index in [4.69, 9.17) is 5.73 Å². The van der Waals surface area contributed by atoms with Gasteiger partial charge in [0.1, 0.15) is 0 Å². The van der Waals surface area contributed by atoms with Gasteiger partial charge in [-0.15, -0.1) is 0 Å². The molecule has 0 aromatic carbocycles. The van der Waals surface area contributed by atoms with Crippen molar-refractivity contribution in [3.63, 3.8) is 0 Å². The number of likely N-dealkylation sites (tertiary alicyclic amines) is 1. The fourth-order valence-electron chi connectivity index (χ4n) is 2.82. The second kappa shape index (κ2) is 6.86. The number of hydrogen-bond donors (Lipinski definition) is 1. The van der Waals surface area contributed by atoms with Gasteiger partial charge in [-0.25, -0.2) is 0 Å². The summed E-state index contributed by atoms with van der Waals surface area (Å²) >= 11 is 0. The fourth-order valence-corrected chi connectivity index (χ4v) is 2.82. The van der Waals surface area contributed by atoms with Crippen molar-refractivity contribution in [2.75, 3.05) is 13.1 Å². The van der Waals surface area contributed by atoms with Crippen LogP contribution in [-0.2, 0) is 0 Å². The minimum atomic E-state index is 0.179. The summed E-state index contributed by atoms with van der Waals surface area (Å²) < 4.78 is 0. The summed E-state index contributed by atoms with van der Waals surface area (Å²) in [5.74, 6) is 0. The predicted molar refractivity (Wildman–Crippen MR) is 75.3 cm³/mol. The molecule has 2 rings (SSSR count). The van der Waals surface area contributed by atoms with Crippen LogP contribution in [-0.4, -0.2) is 29.0 Å².